The zero-order valence-corrected chi connectivity index (χ0v) is 13.7. The van der Waals surface area contributed by atoms with E-state index in [1.54, 1.807) is 32.2 Å². The second-order valence-corrected chi connectivity index (χ2v) is 4.99. The molecule has 1 amide bonds. The van der Waals surface area contributed by atoms with Gasteiger partial charge in [-0.25, -0.2) is 4.79 Å². The number of amides is 1. The van der Waals surface area contributed by atoms with Crippen LogP contribution in [-0.2, 0) is 14.3 Å². The molecule has 0 aliphatic rings. The third-order valence-electron chi connectivity index (χ3n) is 2.52. The van der Waals surface area contributed by atoms with Gasteiger partial charge in [0.15, 0.2) is 0 Å². The fraction of sp³-hybridized carbons (Fsp3) is 0.429. The molecule has 0 heterocycles. The minimum Gasteiger partial charge on any atom is -0.462 e. The topological polar surface area (TPSA) is 76.7 Å². The Labute approximate surface area is 132 Å². The Morgan fingerprint density at radius 3 is 2.71 bits per heavy atom. The number of nitrogens with one attached hydrogen (secondary N) is 2. The first-order chi connectivity index (χ1) is 10.1. The number of hydrogen-bond donors (Lipinski definition) is 2. The zero-order valence-electron chi connectivity index (χ0n) is 12.1. The molecule has 6 nitrogen and oxygen atoms in total. The maximum absolute atomic E-state index is 11.7. The molecule has 0 bridgehead atoms. The molecule has 1 aromatic carbocycles. The van der Waals surface area contributed by atoms with E-state index in [1.807, 2.05) is 0 Å². The van der Waals surface area contributed by atoms with Crippen LogP contribution in [0.4, 0.5) is 5.69 Å². The minimum absolute atomic E-state index is 0.171. The summed E-state index contributed by atoms with van der Waals surface area (Å²) in [6.45, 7) is 3.41. The Morgan fingerprint density at radius 2 is 2.10 bits per heavy atom. The lowest BCUT2D eigenvalue weighted by Crippen LogP contribution is -2.30. The number of esters is 1. The average molecular weight is 359 g/mol. The number of carbonyl (C=O) groups is 2. The number of halogens is 1. The van der Waals surface area contributed by atoms with Crippen LogP contribution in [0.2, 0.25) is 0 Å². The van der Waals surface area contributed by atoms with Gasteiger partial charge in [0.2, 0.25) is 5.91 Å². The van der Waals surface area contributed by atoms with Crippen molar-refractivity contribution in [3.63, 3.8) is 0 Å². The summed E-state index contributed by atoms with van der Waals surface area (Å²) in [6.07, 6.45) is 0. The van der Waals surface area contributed by atoms with Gasteiger partial charge in [0.05, 0.1) is 31.0 Å². The van der Waals surface area contributed by atoms with Gasteiger partial charge in [-0.15, -0.1) is 0 Å². The summed E-state index contributed by atoms with van der Waals surface area (Å²) in [5.41, 5.74) is 1.03. The molecule has 0 aliphatic carbocycles. The van der Waals surface area contributed by atoms with Gasteiger partial charge in [0.25, 0.3) is 0 Å². The fourth-order valence-corrected chi connectivity index (χ4v) is 2.01. The van der Waals surface area contributed by atoms with Gasteiger partial charge in [-0.3, -0.25) is 4.79 Å². The van der Waals surface area contributed by atoms with Crippen LogP contribution in [0.25, 0.3) is 0 Å². The molecule has 0 fully saturated rings. The molecular formula is C14H19BrN2O4. The SMILES string of the molecule is CCOC(=O)c1ccc(NC(=O)CNCCOC)c(Br)c1. The third-order valence-corrected chi connectivity index (χ3v) is 3.18. The van der Waals surface area contributed by atoms with Crippen molar-refractivity contribution in [2.75, 3.05) is 38.7 Å². The van der Waals surface area contributed by atoms with E-state index in [1.165, 1.54) is 0 Å². The Balaban J connectivity index is 2.56. The Bertz CT molecular complexity index is 494. The molecule has 0 atom stereocenters. The first-order valence-electron chi connectivity index (χ1n) is 6.54. The maximum Gasteiger partial charge on any atom is 0.338 e. The molecule has 0 aliphatic heterocycles. The van der Waals surface area contributed by atoms with E-state index < -0.39 is 5.97 Å². The Kier molecular flexibility index (Phi) is 7.96. The van der Waals surface area contributed by atoms with Gasteiger partial charge < -0.3 is 20.1 Å². The normalized spacial score (nSPS) is 10.2. The van der Waals surface area contributed by atoms with E-state index in [2.05, 4.69) is 26.6 Å². The molecule has 0 spiro atoms. The molecule has 0 aromatic heterocycles. The van der Waals surface area contributed by atoms with Crippen molar-refractivity contribution in [1.29, 1.82) is 0 Å². The number of carbonyl (C=O) groups excluding carboxylic acids is 2. The standard InChI is InChI=1S/C14H19BrN2O4/c1-3-21-14(19)10-4-5-12(11(15)8-10)17-13(18)9-16-6-7-20-2/h4-5,8,16H,3,6-7,9H2,1-2H3,(H,17,18). The van der Waals surface area contributed by atoms with Crippen LogP contribution in [0.5, 0.6) is 0 Å². The summed E-state index contributed by atoms with van der Waals surface area (Å²) in [5, 5.41) is 5.69. The van der Waals surface area contributed by atoms with Crippen LogP contribution < -0.4 is 10.6 Å². The van der Waals surface area contributed by atoms with Crippen molar-refractivity contribution in [1.82, 2.24) is 5.32 Å². The van der Waals surface area contributed by atoms with Gasteiger partial charge in [0, 0.05) is 18.1 Å². The van der Waals surface area contributed by atoms with E-state index in [0.717, 1.165) is 0 Å². The Hall–Kier alpha value is -1.44. The van der Waals surface area contributed by atoms with Gasteiger partial charge in [-0.05, 0) is 41.1 Å². The number of methoxy groups -OCH3 is 1. The predicted molar refractivity (Wildman–Crippen MR) is 83.5 cm³/mol. The second-order valence-electron chi connectivity index (χ2n) is 4.13. The number of benzene rings is 1. The fourth-order valence-electron chi connectivity index (χ4n) is 1.53. The highest BCUT2D eigenvalue weighted by molar-refractivity contribution is 9.10. The van der Waals surface area contributed by atoms with E-state index >= 15 is 0 Å². The highest BCUT2D eigenvalue weighted by Crippen LogP contribution is 2.24. The first kappa shape index (κ1) is 17.6. The number of anilines is 1. The average Bonchev–Trinajstić information content (AvgIpc) is 2.46. The third kappa shape index (κ3) is 6.24. The van der Waals surface area contributed by atoms with Crippen LogP contribution in [0, 0.1) is 0 Å². The Morgan fingerprint density at radius 1 is 1.33 bits per heavy atom. The quantitative estimate of drug-likeness (QED) is 0.547. The smallest absolute Gasteiger partial charge is 0.338 e. The van der Waals surface area contributed by atoms with Crippen molar-refractivity contribution >= 4 is 33.5 Å². The lowest BCUT2D eigenvalue weighted by atomic mass is 10.2. The molecular weight excluding hydrogens is 340 g/mol. The van der Waals surface area contributed by atoms with Gasteiger partial charge in [-0.1, -0.05) is 0 Å². The van der Waals surface area contributed by atoms with Crippen LogP contribution in [0.15, 0.2) is 22.7 Å². The highest BCUT2D eigenvalue weighted by atomic mass is 79.9. The van der Waals surface area contributed by atoms with Crippen LogP contribution in [0.1, 0.15) is 17.3 Å². The molecule has 116 valence electrons. The number of rotatable bonds is 8. The van der Waals surface area contributed by atoms with Crippen molar-refractivity contribution in [2.24, 2.45) is 0 Å². The summed E-state index contributed by atoms with van der Waals surface area (Å²) >= 11 is 3.33. The highest BCUT2D eigenvalue weighted by Gasteiger charge is 2.10. The molecule has 2 N–H and O–H groups in total. The molecule has 0 radical (unpaired) electrons. The molecule has 0 saturated heterocycles. The van der Waals surface area contributed by atoms with Gasteiger partial charge >= 0.3 is 5.97 Å². The molecule has 1 aromatic rings. The summed E-state index contributed by atoms with van der Waals surface area (Å²) in [4.78, 5) is 23.3. The largest absolute Gasteiger partial charge is 0.462 e. The van der Waals surface area contributed by atoms with E-state index in [9.17, 15) is 9.59 Å². The number of ether oxygens (including phenoxy) is 2. The molecule has 1 rings (SSSR count). The van der Waals surface area contributed by atoms with E-state index in [-0.39, 0.29) is 12.5 Å². The lowest BCUT2D eigenvalue weighted by molar-refractivity contribution is -0.115. The summed E-state index contributed by atoms with van der Waals surface area (Å²) < 4.78 is 10.4. The molecule has 21 heavy (non-hydrogen) atoms. The summed E-state index contributed by atoms with van der Waals surface area (Å²) in [7, 11) is 1.60. The van der Waals surface area contributed by atoms with Crippen molar-refractivity contribution < 1.29 is 19.1 Å². The van der Waals surface area contributed by atoms with Crippen molar-refractivity contribution in [3.8, 4) is 0 Å². The number of hydrogen-bond acceptors (Lipinski definition) is 5. The lowest BCUT2D eigenvalue weighted by Gasteiger charge is -2.09. The zero-order chi connectivity index (χ0) is 15.7. The van der Waals surface area contributed by atoms with Gasteiger partial charge in [0.1, 0.15) is 0 Å². The van der Waals surface area contributed by atoms with Crippen molar-refractivity contribution in [3.05, 3.63) is 28.2 Å². The maximum atomic E-state index is 11.7. The van der Waals surface area contributed by atoms with Crippen LogP contribution >= 0.6 is 15.9 Å². The summed E-state index contributed by atoms with van der Waals surface area (Å²) in [6, 6.07) is 4.88. The van der Waals surface area contributed by atoms with Crippen LogP contribution in [0.3, 0.4) is 0 Å². The predicted octanol–water partition coefficient (Wildman–Crippen LogP) is 1.80. The van der Waals surface area contributed by atoms with Crippen LogP contribution in [-0.4, -0.2) is 45.3 Å². The summed E-state index contributed by atoms with van der Waals surface area (Å²) in [5.74, 6) is -0.562. The van der Waals surface area contributed by atoms with Crippen molar-refractivity contribution in [2.45, 2.75) is 6.92 Å². The first-order valence-corrected chi connectivity index (χ1v) is 7.34. The van der Waals surface area contributed by atoms with E-state index in [0.29, 0.717) is 35.5 Å². The van der Waals surface area contributed by atoms with E-state index in [4.69, 9.17) is 9.47 Å². The molecule has 0 saturated carbocycles. The molecule has 7 heteroatoms. The monoisotopic (exact) mass is 358 g/mol. The minimum atomic E-state index is -0.391. The molecule has 0 unspecified atom stereocenters. The second kappa shape index (κ2) is 9.49. The van der Waals surface area contributed by atoms with Gasteiger partial charge in [-0.2, -0.15) is 0 Å².